The second kappa shape index (κ2) is 9.20. The van der Waals surface area contributed by atoms with E-state index in [0.717, 1.165) is 18.2 Å². The number of nitrogens with zero attached hydrogens (tertiary/aromatic N) is 3. The largest absolute Gasteiger partial charge is 0.459 e. The molecule has 0 spiro atoms. The fourth-order valence-corrected chi connectivity index (χ4v) is 3.45. The molecule has 1 saturated heterocycles. The third kappa shape index (κ3) is 5.06. The Morgan fingerprint density at radius 2 is 1.64 bits per heavy atom. The van der Waals surface area contributed by atoms with Gasteiger partial charge in [0.25, 0.3) is 11.8 Å². The van der Waals surface area contributed by atoms with Crippen LogP contribution in [0.2, 0.25) is 0 Å². The molecule has 33 heavy (non-hydrogen) atoms. The van der Waals surface area contributed by atoms with E-state index in [2.05, 4.69) is 16.8 Å². The van der Waals surface area contributed by atoms with Gasteiger partial charge in [0, 0.05) is 43.5 Å². The van der Waals surface area contributed by atoms with Gasteiger partial charge in [-0.25, -0.2) is 4.98 Å². The number of piperazine rings is 1. The molecule has 3 heterocycles. The van der Waals surface area contributed by atoms with Crippen LogP contribution >= 0.6 is 0 Å². The summed E-state index contributed by atoms with van der Waals surface area (Å²) in [7, 11) is 0. The molecule has 9 heteroatoms. The van der Waals surface area contributed by atoms with E-state index in [1.165, 1.54) is 17.4 Å². The van der Waals surface area contributed by atoms with Crippen molar-refractivity contribution in [3.05, 3.63) is 89.1 Å². The number of carbonyl (C=O) groups excluding carboxylic acids is 2. The molecule has 0 N–H and O–H groups in total. The summed E-state index contributed by atoms with van der Waals surface area (Å²) >= 11 is 0. The van der Waals surface area contributed by atoms with Gasteiger partial charge in [0.05, 0.1) is 11.8 Å². The molecule has 168 valence electrons. The van der Waals surface area contributed by atoms with Crippen LogP contribution < -0.4 is 0 Å². The molecular weight excluding hydrogens is 435 g/mol. The maximum absolute atomic E-state index is 13.5. The molecule has 1 aliphatic rings. The number of hydrogen-bond donors (Lipinski definition) is 0. The predicted molar refractivity (Wildman–Crippen MR) is 112 cm³/mol. The third-order valence-corrected chi connectivity index (χ3v) is 5.15. The SMILES string of the molecule is O=C(c1ccc(C(F)(F)F)c(C#Cc2ccccn2)c1)N1CCN(C(=O)c2ccco2)CC1. The Bertz CT molecular complexity index is 1200. The van der Waals surface area contributed by atoms with Crippen molar-refractivity contribution in [3.63, 3.8) is 0 Å². The van der Waals surface area contributed by atoms with E-state index < -0.39 is 17.6 Å². The summed E-state index contributed by atoms with van der Waals surface area (Å²) < 4.78 is 45.5. The van der Waals surface area contributed by atoms with Crippen molar-refractivity contribution in [1.29, 1.82) is 0 Å². The standard InChI is InChI=1S/C24H18F3N3O3/c25-24(26,27)20-9-7-18(16-17(20)6-8-19-4-1-2-10-28-19)22(31)29-11-13-30(14-12-29)23(32)21-5-3-15-33-21/h1-5,7,9-10,15-16H,11-14H2. The van der Waals surface area contributed by atoms with Crippen molar-refractivity contribution >= 4 is 11.8 Å². The minimum atomic E-state index is -4.62. The van der Waals surface area contributed by atoms with Crippen molar-refractivity contribution in [2.45, 2.75) is 6.18 Å². The fraction of sp³-hybridized carbons (Fsp3) is 0.208. The van der Waals surface area contributed by atoms with Crippen LogP contribution in [0.1, 0.15) is 37.7 Å². The van der Waals surface area contributed by atoms with Crippen molar-refractivity contribution in [2.75, 3.05) is 26.2 Å². The average molecular weight is 453 g/mol. The molecule has 3 aromatic rings. The number of rotatable bonds is 2. The number of alkyl halides is 3. The summed E-state index contributed by atoms with van der Waals surface area (Å²) in [5.74, 6) is 4.64. The van der Waals surface area contributed by atoms with Crippen molar-refractivity contribution < 1.29 is 27.2 Å². The lowest BCUT2D eigenvalue weighted by Gasteiger charge is -2.34. The first-order valence-corrected chi connectivity index (χ1v) is 10.1. The molecular formula is C24H18F3N3O3. The first-order valence-electron chi connectivity index (χ1n) is 10.1. The molecule has 2 amide bonds. The van der Waals surface area contributed by atoms with E-state index in [4.69, 9.17) is 4.42 Å². The van der Waals surface area contributed by atoms with Gasteiger partial charge < -0.3 is 14.2 Å². The topological polar surface area (TPSA) is 66.7 Å². The molecule has 1 aromatic carbocycles. The number of halogens is 3. The zero-order chi connectivity index (χ0) is 23.4. The molecule has 1 aliphatic heterocycles. The number of benzene rings is 1. The van der Waals surface area contributed by atoms with Gasteiger partial charge in [0.1, 0.15) is 5.69 Å². The van der Waals surface area contributed by atoms with Crippen LogP contribution in [0.25, 0.3) is 0 Å². The van der Waals surface area contributed by atoms with Gasteiger partial charge in [0.2, 0.25) is 0 Å². The Morgan fingerprint density at radius 1 is 0.909 bits per heavy atom. The van der Waals surface area contributed by atoms with Crippen LogP contribution in [0.3, 0.4) is 0 Å². The number of furan rings is 1. The lowest BCUT2D eigenvalue weighted by molar-refractivity contribution is -0.137. The number of amides is 2. The van der Waals surface area contributed by atoms with Gasteiger partial charge in [-0.1, -0.05) is 12.0 Å². The molecule has 0 radical (unpaired) electrons. The molecule has 2 aromatic heterocycles. The van der Waals surface area contributed by atoms with Gasteiger partial charge in [0.15, 0.2) is 5.76 Å². The van der Waals surface area contributed by atoms with Gasteiger partial charge in [-0.2, -0.15) is 13.2 Å². The second-order valence-corrected chi connectivity index (χ2v) is 7.28. The summed E-state index contributed by atoms with van der Waals surface area (Å²) in [6.45, 7) is 1.08. The highest BCUT2D eigenvalue weighted by Crippen LogP contribution is 2.32. The van der Waals surface area contributed by atoms with E-state index in [1.54, 1.807) is 35.2 Å². The Balaban J connectivity index is 1.52. The summed E-state index contributed by atoms with van der Waals surface area (Å²) in [6.07, 6.45) is -1.72. The summed E-state index contributed by atoms with van der Waals surface area (Å²) in [6, 6.07) is 11.3. The highest BCUT2D eigenvalue weighted by molar-refractivity contribution is 5.95. The monoisotopic (exact) mass is 453 g/mol. The smallest absolute Gasteiger partial charge is 0.417 e. The Kier molecular flexibility index (Phi) is 6.18. The predicted octanol–water partition coefficient (Wildman–Crippen LogP) is 3.69. The molecule has 0 bridgehead atoms. The lowest BCUT2D eigenvalue weighted by atomic mass is 10.0. The maximum Gasteiger partial charge on any atom is 0.417 e. The lowest BCUT2D eigenvalue weighted by Crippen LogP contribution is -2.50. The van der Waals surface area contributed by atoms with Crippen LogP contribution in [0.15, 0.2) is 65.4 Å². The van der Waals surface area contributed by atoms with Crippen molar-refractivity contribution in [3.8, 4) is 11.8 Å². The first-order chi connectivity index (χ1) is 15.8. The van der Waals surface area contributed by atoms with E-state index in [9.17, 15) is 22.8 Å². The molecule has 6 nitrogen and oxygen atoms in total. The van der Waals surface area contributed by atoms with Crippen LogP contribution in [-0.2, 0) is 6.18 Å². The van der Waals surface area contributed by atoms with E-state index in [1.807, 2.05) is 0 Å². The Labute approximate surface area is 187 Å². The van der Waals surface area contributed by atoms with Crippen molar-refractivity contribution in [1.82, 2.24) is 14.8 Å². The Hall–Kier alpha value is -4.06. The fourth-order valence-electron chi connectivity index (χ4n) is 3.45. The number of pyridine rings is 1. The molecule has 0 atom stereocenters. The summed E-state index contributed by atoms with van der Waals surface area (Å²) in [5.41, 5.74) is -0.805. The molecule has 0 aliphatic carbocycles. The normalized spacial score (nSPS) is 13.9. The third-order valence-electron chi connectivity index (χ3n) is 5.15. The van der Waals surface area contributed by atoms with E-state index in [-0.39, 0.29) is 49.0 Å². The highest BCUT2D eigenvalue weighted by Gasteiger charge is 2.34. The molecule has 0 unspecified atom stereocenters. The van der Waals surface area contributed by atoms with Crippen LogP contribution in [0.5, 0.6) is 0 Å². The average Bonchev–Trinajstić information content (AvgIpc) is 3.37. The quantitative estimate of drug-likeness (QED) is 0.555. The number of hydrogen-bond acceptors (Lipinski definition) is 4. The minimum Gasteiger partial charge on any atom is -0.459 e. The van der Waals surface area contributed by atoms with Crippen LogP contribution in [0.4, 0.5) is 13.2 Å². The zero-order valence-corrected chi connectivity index (χ0v) is 17.3. The maximum atomic E-state index is 13.5. The highest BCUT2D eigenvalue weighted by atomic mass is 19.4. The van der Waals surface area contributed by atoms with Crippen molar-refractivity contribution in [2.24, 2.45) is 0 Å². The Morgan fingerprint density at radius 3 is 2.24 bits per heavy atom. The van der Waals surface area contributed by atoms with Crippen LogP contribution in [-0.4, -0.2) is 52.8 Å². The number of carbonyl (C=O) groups is 2. The second-order valence-electron chi connectivity index (χ2n) is 7.28. The minimum absolute atomic E-state index is 0.0964. The van der Waals surface area contributed by atoms with E-state index >= 15 is 0 Å². The zero-order valence-electron chi connectivity index (χ0n) is 17.3. The van der Waals surface area contributed by atoms with Gasteiger partial charge in [-0.3, -0.25) is 9.59 Å². The number of aromatic nitrogens is 1. The van der Waals surface area contributed by atoms with Crippen LogP contribution in [0, 0.1) is 11.8 Å². The first kappa shape index (κ1) is 22.1. The molecule has 4 rings (SSSR count). The molecule has 1 fully saturated rings. The molecule has 0 saturated carbocycles. The summed E-state index contributed by atoms with van der Waals surface area (Å²) in [4.78, 5) is 32.4. The van der Waals surface area contributed by atoms with Gasteiger partial charge in [-0.05, 0) is 48.4 Å². The van der Waals surface area contributed by atoms with Gasteiger partial charge in [-0.15, -0.1) is 0 Å². The summed E-state index contributed by atoms with van der Waals surface area (Å²) in [5, 5.41) is 0. The van der Waals surface area contributed by atoms with E-state index in [0.29, 0.717) is 5.69 Å². The van der Waals surface area contributed by atoms with Gasteiger partial charge >= 0.3 is 6.18 Å².